The highest BCUT2D eigenvalue weighted by molar-refractivity contribution is 8.77. The third kappa shape index (κ3) is 11.2. The first kappa shape index (κ1) is 54.4. The van der Waals surface area contributed by atoms with E-state index in [0.29, 0.717) is 28.7 Å². The van der Waals surface area contributed by atoms with Crippen LogP contribution in [-0.4, -0.2) is 112 Å². The fourth-order valence-corrected chi connectivity index (χ4v) is 16.9. The molecule has 3 unspecified atom stereocenters. The van der Waals surface area contributed by atoms with Gasteiger partial charge in [0.25, 0.3) is 0 Å². The number of ether oxygens (including phenoxy) is 3. The Labute approximate surface area is 449 Å². The summed E-state index contributed by atoms with van der Waals surface area (Å²) in [6.45, 7) is 7.17. The Hall–Kier alpha value is -4.55. The lowest BCUT2D eigenvalue weighted by atomic mass is 9.81. The maximum Gasteiger partial charge on any atom is 0.490 e. The molecule has 28 heteroatoms. The number of aromatic nitrogens is 4. The van der Waals surface area contributed by atoms with Gasteiger partial charge in [-0.05, 0) is 88.1 Å². The Kier molecular flexibility index (Phi) is 15.0. The molecule has 77 heavy (non-hydrogen) atoms. The molecule has 7 N–H and O–H groups in total. The molecule has 5 atom stereocenters. The summed E-state index contributed by atoms with van der Waals surface area (Å²) >= 11 is 0. The minimum absolute atomic E-state index is 0.0407. The molecule has 0 aliphatic carbocycles. The van der Waals surface area contributed by atoms with Gasteiger partial charge in [-0.15, -0.1) is 0 Å². The summed E-state index contributed by atoms with van der Waals surface area (Å²) in [5.74, 6) is 0.445. The maximum atomic E-state index is 14.1. The SMILES string of the molecule is CC(C)(CCC(=O)c1ccc(C2=c3cc4c5c(c3Oc3c2cc2c6c3CCCN6CCC2)CCC[N+]=5CCC4)c(C(=O)O)c1)SSCOC1C[C@H](n2cnc3c(N)ncnc32)O[C@@H]1COP(=O)(O)OP(=O)(O)OP(=O)(O)O. The summed E-state index contributed by atoms with van der Waals surface area (Å²) < 4.78 is 71.5. The lowest BCUT2D eigenvalue weighted by Crippen LogP contribution is -2.45. The van der Waals surface area contributed by atoms with Gasteiger partial charge in [-0.2, -0.15) is 8.62 Å². The fraction of sp³-hybridized carbons (Fsp3) is 0.469. The second-order valence-electron chi connectivity index (χ2n) is 20.5. The average molecular weight is 1160 g/mol. The quantitative estimate of drug-likeness (QED) is 0.0129. The molecule has 6 aliphatic heterocycles. The molecule has 410 valence electrons. The largest absolute Gasteiger partial charge is 0.490 e. The van der Waals surface area contributed by atoms with E-state index in [1.165, 1.54) is 73.6 Å². The molecule has 5 aromatic rings. The summed E-state index contributed by atoms with van der Waals surface area (Å²) in [7, 11) is -14.1. The van der Waals surface area contributed by atoms with E-state index in [4.69, 9.17) is 34.3 Å². The van der Waals surface area contributed by atoms with Crippen molar-refractivity contribution in [3.63, 3.8) is 0 Å². The number of aromatic carboxylic acids is 1. The van der Waals surface area contributed by atoms with Crippen LogP contribution in [0.25, 0.3) is 16.7 Å². The van der Waals surface area contributed by atoms with E-state index in [0.717, 1.165) is 105 Å². The van der Waals surface area contributed by atoms with Gasteiger partial charge in [0.05, 0.1) is 30.2 Å². The second-order valence-corrected chi connectivity index (χ2v) is 27.8. The van der Waals surface area contributed by atoms with Crippen LogP contribution in [0.15, 0.2) is 43.0 Å². The lowest BCUT2D eigenvalue weighted by Gasteiger charge is -2.39. The van der Waals surface area contributed by atoms with Gasteiger partial charge in [-0.25, -0.2) is 38.0 Å². The van der Waals surface area contributed by atoms with Crippen LogP contribution in [0.3, 0.4) is 0 Å². The molecule has 23 nitrogen and oxygen atoms in total. The number of nitrogen functional groups attached to an aromatic ring is 1. The Morgan fingerprint density at radius 3 is 2.43 bits per heavy atom. The zero-order valence-electron chi connectivity index (χ0n) is 41.9. The first-order chi connectivity index (χ1) is 36.6. The van der Waals surface area contributed by atoms with E-state index in [-0.39, 0.29) is 35.9 Å². The zero-order valence-corrected chi connectivity index (χ0v) is 46.3. The first-order valence-corrected chi connectivity index (χ1v) is 32.1. The monoisotopic (exact) mass is 1160 g/mol. The molecule has 0 radical (unpaired) electrons. The minimum Gasteiger partial charge on any atom is -0.478 e. The van der Waals surface area contributed by atoms with Crippen LogP contribution in [0.2, 0.25) is 0 Å². The van der Waals surface area contributed by atoms with Crippen LogP contribution < -0.4 is 30.5 Å². The normalized spacial score (nSPS) is 21.4. The zero-order chi connectivity index (χ0) is 54.2. The second kappa shape index (κ2) is 21.2. The lowest BCUT2D eigenvalue weighted by molar-refractivity contribution is -0.0522. The van der Waals surface area contributed by atoms with Gasteiger partial charge in [0, 0.05) is 82.3 Å². The number of nitrogens with zero attached hydrogens (tertiary/aromatic N) is 6. The number of nitrogens with two attached hydrogens (primary N) is 1. The number of imidazole rings is 1. The molecule has 2 aromatic heterocycles. The number of benzene rings is 3. The molecule has 0 spiro atoms. The molecule has 0 bridgehead atoms. The molecule has 1 fully saturated rings. The molecular weight excluding hydrogens is 1100 g/mol. The molecule has 0 saturated carbocycles. The highest BCUT2D eigenvalue weighted by atomic mass is 33.1. The van der Waals surface area contributed by atoms with Crippen LogP contribution in [0.1, 0.15) is 119 Å². The van der Waals surface area contributed by atoms with E-state index in [1.54, 1.807) is 16.7 Å². The fourth-order valence-electron chi connectivity index (χ4n) is 11.6. The summed E-state index contributed by atoms with van der Waals surface area (Å²) in [5.41, 5.74) is 15.4. The van der Waals surface area contributed by atoms with Crippen molar-refractivity contribution in [1.82, 2.24) is 24.1 Å². The smallest absolute Gasteiger partial charge is 0.478 e. The number of hydrogen-bond donors (Lipinski definition) is 6. The first-order valence-electron chi connectivity index (χ1n) is 25.3. The van der Waals surface area contributed by atoms with Gasteiger partial charge in [0.15, 0.2) is 17.2 Å². The number of rotatable bonds is 19. The van der Waals surface area contributed by atoms with Gasteiger partial charge in [0.1, 0.15) is 54.7 Å². The van der Waals surface area contributed by atoms with Crippen LogP contribution in [0.5, 0.6) is 11.5 Å². The molecule has 8 heterocycles. The topological polar surface area (TPSA) is 318 Å². The van der Waals surface area contributed by atoms with Crippen molar-refractivity contribution in [2.75, 3.05) is 49.4 Å². The third-order valence-electron chi connectivity index (χ3n) is 14.8. The minimum atomic E-state index is -5.78. The van der Waals surface area contributed by atoms with Gasteiger partial charge >= 0.3 is 29.4 Å². The number of Topliss-reactive ketones (excluding diaryl/α,β-unsaturated/α-hetero) is 1. The number of phosphoric ester groups is 1. The number of hydrogen-bond acceptors (Lipinski definition) is 18. The van der Waals surface area contributed by atoms with Gasteiger partial charge < -0.3 is 49.5 Å². The van der Waals surface area contributed by atoms with Crippen LogP contribution in [0.4, 0.5) is 11.5 Å². The van der Waals surface area contributed by atoms with Gasteiger partial charge in [-0.3, -0.25) is 13.9 Å². The molecule has 0 amide bonds. The standard InChI is InChI=1S/C49H56N7O16P3S2/c1-49(2,77-76-26-67-37-22-39(56-25-53-41-46(50)51-24-52-47(41)56)69-38(37)23-68-74(63,64)72-75(65,66)71-73(60,61)62)14-13-36(57)27-11-12-30(33(19-27)48(58)59)40-34-20-28-7-3-15-54-17-5-9-31(42(28)54)44(34)70-45-32-10-6-18-55-16-4-8-29(43(32)55)21-35(40)45/h11-12,19-21,24-25,37-39H,3-10,13-18,22-23,26H2,1-2H3,(H6-,50,51,52,58,59,60,61,62,63,64,65,66)/p+1/t37?,38-,39-/m1/s1. The Balaban J connectivity index is 0.799. The number of carbonyl (C=O) groups excluding carboxylic acids is 1. The summed E-state index contributed by atoms with van der Waals surface area (Å²) in [6.07, 6.45) is 8.19. The number of fused-ring (bicyclic) bond motifs is 5. The van der Waals surface area contributed by atoms with Crippen LogP contribution in [-0.2, 0) is 62.0 Å². The Bertz CT molecular complexity index is 3530. The summed E-state index contributed by atoms with van der Waals surface area (Å²) in [6, 6.07) is 9.54. The molecule has 1 saturated heterocycles. The molecule has 11 rings (SSSR count). The van der Waals surface area contributed by atoms with Crippen molar-refractivity contribution < 1.29 is 75.3 Å². The van der Waals surface area contributed by atoms with Crippen LogP contribution >= 0.6 is 45.1 Å². The van der Waals surface area contributed by atoms with Gasteiger partial charge in [0.2, 0.25) is 5.36 Å². The maximum absolute atomic E-state index is 14.1. The highest BCUT2D eigenvalue weighted by Gasteiger charge is 2.44. The molecule has 3 aromatic carbocycles. The number of carboxylic acid groups (broad SMARTS) is 1. The Morgan fingerprint density at radius 2 is 1.65 bits per heavy atom. The third-order valence-corrected chi connectivity index (χ3v) is 21.6. The van der Waals surface area contributed by atoms with Crippen molar-refractivity contribution >= 4 is 85.1 Å². The average Bonchev–Trinajstić information content (AvgIpc) is 4.20. The predicted octanol–water partition coefficient (Wildman–Crippen LogP) is 6.34. The Morgan fingerprint density at radius 1 is 0.896 bits per heavy atom. The van der Waals surface area contributed by atoms with Crippen molar-refractivity contribution in [2.24, 2.45) is 0 Å². The van der Waals surface area contributed by atoms with E-state index in [2.05, 4.69) is 45.2 Å². The van der Waals surface area contributed by atoms with Crippen LogP contribution in [0, 0.1) is 0 Å². The van der Waals surface area contributed by atoms with E-state index >= 15 is 0 Å². The number of anilines is 2. The van der Waals surface area contributed by atoms with Gasteiger partial charge in [-0.1, -0.05) is 33.7 Å². The van der Waals surface area contributed by atoms with Crippen molar-refractivity contribution in [3.05, 3.63) is 98.1 Å². The van der Waals surface area contributed by atoms with Crippen molar-refractivity contribution in [1.29, 1.82) is 0 Å². The summed E-state index contributed by atoms with van der Waals surface area (Å²) in [4.78, 5) is 80.2. The van der Waals surface area contributed by atoms with E-state index in [9.17, 15) is 38.2 Å². The molecular formula is C49H57N7O16P3S2+. The number of phosphoric acid groups is 3. The van der Waals surface area contributed by atoms with Crippen molar-refractivity contribution in [2.45, 2.75) is 108 Å². The summed E-state index contributed by atoms with van der Waals surface area (Å²) in [5, 5.41) is 13.2. The number of aryl methyl sites for hydroxylation is 2. The van der Waals surface area contributed by atoms with E-state index in [1.807, 2.05) is 13.8 Å². The number of carbonyl (C=O) groups is 2. The highest BCUT2D eigenvalue weighted by Crippen LogP contribution is 2.66. The molecule has 6 aliphatic rings. The van der Waals surface area contributed by atoms with Crippen molar-refractivity contribution in [3.8, 4) is 11.5 Å². The number of ketones is 1. The van der Waals surface area contributed by atoms with E-state index < -0.39 is 59.2 Å². The predicted molar refractivity (Wildman–Crippen MR) is 284 cm³/mol. The number of carboxylic acids is 1.